The largest absolute Gasteiger partial charge is 0.381 e. The molecule has 0 spiro atoms. The van der Waals surface area contributed by atoms with Crippen molar-refractivity contribution in [3.8, 4) is 0 Å². The second-order valence-electron chi connectivity index (χ2n) is 7.79. The van der Waals surface area contributed by atoms with Crippen molar-refractivity contribution in [2.45, 2.75) is 26.8 Å². The number of amides is 1. The van der Waals surface area contributed by atoms with Crippen molar-refractivity contribution in [3.63, 3.8) is 0 Å². The molecule has 3 aromatic rings. The highest BCUT2D eigenvalue weighted by Crippen LogP contribution is 2.20. The maximum absolute atomic E-state index is 12.5. The van der Waals surface area contributed by atoms with E-state index in [1.165, 1.54) is 5.56 Å². The van der Waals surface area contributed by atoms with Crippen LogP contribution in [0.25, 0.3) is 10.9 Å². The molecule has 0 unspecified atom stereocenters. The third-order valence-electron chi connectivity index (χ3n) is 5.84. The summed E-state index contributed by atoms with van der Waals surface area (Å²) in [5.74, 6) is 0.142. The first-order valence-electron chi connectivity index (χ1n) is 10.5. The molecule has 1 fully saturated rings. The summed E-state index contributed by atoms with van der Waals surface area (Å²) >= 11 is 0. The predicted octanol–water partition coefficient (Wildman–Crippen LogP) is 3.37. The minimum Gasteiger partial charge on any atom is -0.381 e. The van der Waals surface area contributed by atoms with E-state index in [0.717, 1.165) is 60.4 Å². The molecule has 2 aromatic carbocycles. The van der Waals surface area contributed by atoms with Gasteiger partial charge in [-0.3, -0.25) is 9.59 Å². The number of anilines is 2. The number of hydrogen-bond acceptors (Lipinski definition) is 4. The van der Waals surface area contributed by atoms with Crippen molar-refractivity contribution in [2.75, 3.05) is 36.4 Å². The van der Waals surface area contributed by atoms with E-state index < -0.39 is 0 Å². The number of aryl methyl sites for hydroxylation is 1. The molecule has 0 aliphatic carbocycles. The van der Waals surface area contributed by atoms with E-state index in [1.807, 2.05) is 29.2 Å². The molecule has 1 aromatic heterocycles. The smallest absolute Gasteiger partial charge is 0.253 e. The number of H-pyrrole nitrogens is 1. The van der Waals surface area contributed by atoms with Crippen LogP contribution in [0, 0.1) is 0 Å². The van der Waals surface area contributed by atoms with Crippen LogP contribution in [-0.2, 0) is 17.8 Å². The van der Waals surface area contributed by atoms with Crippen molar-refractivity contribution in [2.24, 2.45) is 0 Å². The molecule has 30 heavy (non-hydrogen) atoms. The Morgan fingerprint density at radius 2 is 1.77 bits per heavy atom. The van der Waals surface area contributed by atoms with E-state index in [2.05, 4.69) is 46.4 Å². The summed E-state index contributed by atoms with van der Waals surface area (Å²) in [5, 5.41) is 4.39. The van der Waals surface area contributed by atoms with Crippen LogP contribution in [0.4, 0.5) is 11.4 Å². The Morgan fingerprint density at radius 1 is 1.03 bits per heavy atom. The summed E-state index contributed by atoms with van der Waals surface area (Å²) in [6.45, 7) is 7.42. The minimum atomic E-state index is -0.0526. The molecule has 0 bridgehead atoms. The standard InChI is InChI=1S/C24H28N4O2/c1-3-18-4-5-19-15-20(24(30)26-23(19)14-18)16-25-21-6-8-22(9-7-21)28-12-10-27(11-13-28)17(2)29/h4-9,14-15,25H,3,10-13,16H2,1-2H3,(H,26,30). The fourth-order valence-electron chi connectivity index (χ4n) is 3.91. The number of nitrogens with zero attached hydrogens (tertiary/aromatic N) is 2. The third-order valence-corrected chi connectivity index (χ3v) is 5.84. The molecular weight excluding hydrogens is 376 g/mol. The topological polar surface area (TPSA) is 68.4 Å². The molecule has 1 saturated heterocycles. The van der Waals surface area contributed by atoms with Gasteiger partial charge in [-0.15, -0.1) is 0 Å². The van der Waals surface area contributed by atoms with Crippen LogP contribution >= 0.6 is 0 Å². The van der Waals surface area contributed by atoms with Crippen LogP contribution in [0.15, 0.2) is 53.3 Å². The van der Waals surface area contributed by atoms with Crippen LogP contribution in [0.5, 0.6) is 0 Å². The van der Waals surface area contributed by atoms with Gasteiger partial charge in [0.25, 0.3) is 5.56 Å². The summed E-state index contributed by atoms with van der Waals surface area (Å²) in [6.07, 6.45) is 0.948. The van der Waals surface area contributed by atoms with Gasteiger partial charge in [0.05, 0.1) is 0 Å². The molecule has 0 atom stereocenters. The van der Waals surface area contributed by atoms with E-state index in [-0.39, 0.29) is 11.5 Å². The number of aromatic amines is 1. The molecule has 6 heteroatoms. The van der Waals surface area contributed by atoms with Gasteiger partial charge < -0.3 is 20.1 Å². The number of carbonyl (C=O) groups is 1. The first kappa shape index (κ1) is 20.0. The lowest BCUT2D eigenvalue weighted by atomic mass is 10.1. The zero-order valence-electron chi connectivity index (χ0n) is 17.6. The molecule has 6 nitrogen and oxygen atoms in total. The molecular formula is C24H28N4O2. The second kappa shape index (κ2) is 8.61. The maximum atomic E-state index is 12.5. The first-order valence-corrected chi connectivity index (χ1v) is 10.5. The summed E-state index contributed by atoms with van der Waals surface area (Å²) in [7, 11) is 0. The molecule has 1 aliphatic heterocycles. The molecule has 4 rings (SSSR count). The van der Waals surface area contributed by atoms with Gasteiger partial charge in [-0.05, 0) is 53.8 Å². The Kier molecular flexibility index (Phi) is 5.74. The zero-order valence-corrected chi connectivity index (χ0v) is 17.6. The van der Waals surface area contributed by atoms with Crippen LogP contribution in [0.3, 0.4) is 0 Å². The van der Waals surface area contributed by atoms with Gasteiger partial charge >= 0.3 is 0 Å². The van der Waals surface area contributed by atoms with Gasteiger partial charge in [0, 0.05) is 62.1 Å². The number of aromatic nitrogens is 1. The predicted molar refractivity (Wildman–Crippen MR) is 122 cm³/mol. The number of carbonyl (C=O) groups excluding carboxylic acids is 1. The molecule has 1 aliphatic rings. The number of nitrogens with one attached hydrogen (secondary N) is 2. The fraction of sp³-hybridized carbons (Fsp3) is 0.333. The number of benzene rings is 2. The van der Waals surface area contributed by atoms with E-state index in [0.29, 0.717) is 6.54 Å². The van der Waals surface area contributed by atoms with Crippen molar-refractivity contribution >= 4 is 28.2 Å². The minimum absolute atomic E-state index is 0.0526. The normalized spacial score (nSPS) is 14.2. The Labute approximate surface area is 176 Å². The van der Waals surface area contributed by atoms with Gasteiger partial charge in [0.2, 0.25) is 5.91 Å². The van der Waals surface area contributed by atoms with Crippen molar-refractivity contribution in [1.82, 2.24) is 9.88 Å². The fourth-order valence-corrected chi connectivity index (χ4v) is 3.91. The highest BCUT2D eigenvalue weighted by atomic mass is 16.2. The van der Waals surface area contributed by atoms with E-state index in [4.69, 9.17) is 0 Å². The Balaban J connectivity index is 1.40. The van der Waals surface area contributed by atoms with Crippen molar-refractivity contribution in [3.05, 3.63) is 70.0 Å². The van der Waals surface area contributed by atoms with Crippen molar-refractivity contribution < 1.29 is 4.79 Å². The first-order chi connectivity index (χ1) is 14.5. The monoisotopic (exact) mass is 404 g/mol. The highest BCUT2D eigenvalue weighted by Gasteiger charge is 2.18. The number of piperazine rings is 1. The van der Waals surface area contributed by atoms with Crippen LogP contribution < -0.4 is 15.8 Å². The van der Waals surface area contributed by atoms with Crippen LogP contribution in [0.1, 0.15) is 25.0 Å². The van der Waals surface area contributed by atoms with E-state index >= 15 is 0 Å². The van der Waals surface area contributed by atoms with E-state index in [9.17, 15) is 9.59 Å². The van der Waals surface area contributed by atoms with Gasteiger partial charge in [-0.25, -0.2) is 0 Å². The molecule has 2 N–H and O–H groups in total. The molecule has 0 radical (unpaired) electrons. The molecule has 156 valence electrons. The van der Waals surface area contributed by atoms with Crippen molar-refractivity contribution in [1.29, 1.82) is 0 Å². The summed E-state index contributed by atoms with van der Waals surface area (Å²) < 4.78 is 0. The van der Waals surface area contributed by atoms with Gasteiger partial charge in [-0.1, -0.05) is 19.1 Å². The van der Waals surface area contributed by atoms with Gasteiger partial charge in [0.15, 0.2) is 0 Å². The average molecular weight is 405 g/mol. The Morgan fingerprint density at radius 3 is 2.43 bits per heavy atom. The third kappa shape index (κ3) is 4.32. The number of rotatable bonds is 5. The summed E-state index contributed by atoms with van der Waals surface area (Å²) in [5.41, 5.74) is 4.89. The van der Waals surface area contributed by atoms with E-state index in [1.54, 1.807) is 6.92 Å². The lowest BCUT2D eigenvalue weighted by molar-refractivity contribution is -0.129. The molecule has 0 saturated carbocycles. The second-order valence-corrected chi connectivity index (χ2v) is 7.79. The zero-order chi connectivity index (χ0) is 21.1. The summed E-state index contributed by atoms with van der Waals surface area (Å²) in [6, 6.07) is 16.4. The lowest BCUT2D eigenvalue weighted by Gasteiger charge is -2.35. The average Bonchev–Trinajstić information content (AvgIpc) is 2.77. The highest BCUT2D eigenvalue weighted by molar-refractivity contribution is 5.79. The number of pyridine rings is 1. The van der Waals surface area contributed by atoms with Crippen LogP contribution in [-0.4, -0.2) is 42.0 Å². The quantitative estimate of drug-likeness (QED) is 0.684. The Hall–Kier alpha value is -3.28. The molecule has 1 amide bonds. The SMILES string of the molecule is CCc1ccc2cc(CNc3ccc(N4CCN(C(C)=O)CC4)cc3)c(=O)[nH]c2c1. The molecule has 2 heterocycles. The maximum Gasteiger partial charge on any atom is 0.253 e. The Bertz CT molecular complexity index is 1100. The van der Waals surface area contributed by atoms with Gasteiger partial charge in [-0.2, -0.15) is 0 Å². The van der Waals surface area contributed by atoms with Crippen LogP contribution in [0.2, 0.25) is 0 Å². The summed E-state index contributed by atoms with van der Waals surface area (Å²) in [4.78, 5) is 31.1. The number of fused-ring (bicyclic) bond motifs is 1. The lowest BCUT2D eigenvalue weighted by Crippen LogP contribution is -2.48. The number of hydrogen-bond donors (Lipinski definition) is 2. The van der Waals surface area contributed by atoms with Gasteiger partial charge in [0.1, 0.15) is 0 Å².